The molecule has 0 fully saturated rings. The van der Waals surface area contributed by atoms with Crippen LogP contribution in [-0.2, 0) is 11.2 Å². The number of methoxy groups -OCH3 is 1. The van der Waals surface area contributed by atoms with E-state index in [1.807, 2.05) is 0 Å². The van der Waals surface area contributed by atoms with Crippen molar-refractivity contribution in [3.8, 4) is 12.1 Å². The van der Waals surface area contributed by atoms with Crippen LogP contribution in [0.1, 0.15) is 5.56 Å². The molecule has 1 aromatic carbocycles. The van der Waals surface area contributed by atoms with Crippen molar-refractivity contribution >= 4 is 23.2 Å². The molecule has 0 radical (unpaired) electrons. The molecule has 0 saturated carbocycles. The first-order valence-corrected chi connectivity index (χ1v) is 5.39. The fourth-order valence-electron chi connectivity index (χ4n) is 1.27. The van der Waals surface area contributed by atoms with Crippen LogP contribution in [0.5, 0.6) is 0 Å². The zero-order valence-electron chi connectivity index (χ0n) is 9.00. The van der Waals surface area contributed by atoms with E-state index in [1.165, 1.54) is 7.11 Å². The highest BCUT2D eigenvalue weighted by molar-refractivity contribution is 6.42. The summed E-state index contributed by atoms with van der Waals surface area (Å²) in [6.45, 7) is 0. The molecule has 0 spiro atoms. The number of ether oxygens (including phenoxy) is 1. The standard InChI is InChI=1S/C12H8Cl2N2O/c1-17-11(9(6-15)7-16)5-8-3-2-4-10(13)12(8)14/h2-4H,5H2,1H3. The Morgan fingerprint density at radius 3 is 2.47 bits per heavy atom. The summed E-state index contributed by atoms with van der Waals surface area (Å²) in [7, 11) is 1.41. The molecule has 0 N–H and O–H groups in total. The van der Waals surface area contributed by atoms with Crippen LogP contribution in [-0.4, -0.2) is 7.11 Å². The van der Waals surface area contributed by atoms with Crippen LogP contribution < -0.4 is 0 Å². The maximum atomic E-state index is 8.76. The van der Waals surface area contributed by atoms with Crippen LogP contribution >= 0.6 is 23.2 Å². The summed E-state index contributed by atoms with van der Waals surface area (Å²) < 4.78 is 5.03. The maximum absolute atomic E-state index is 8.76. The van der Waals surface area contributed by atoms with Gasteiger partial charge >= 0.3 is 0 Å². The Labute approximate surface area is 109 Å². The van der Waals surface area contributed by atoms with Crippen molar-refractivity contribution in [2.75, 3.05) is 7.11 Å². The Morgan fingerprint density at radius 2 is 1.94 bits per heavy atom. The summed E-state index contributed by atoms with van der Waals surface area (Å²) in [5.74, 6) is 0.277. The number of benzene rings is 1. The fourth-order valence-corrected chi connectivity index (χ4v) is 1.66. The van der Waals surface area contributed by atoms with Gasteiger partial charge in [-0.2, -0.15) is 10.5 Å². The lowest BCUT2D eigenvalue weighted by molar-refractivity contribution is 0.281. The molecule has 86 valence electrons. The lowest BCUT2D eigenvalue weighted by Crippen LogP contribution is -1.98. The van der Waals surface area contributed by atoms with Crippen LogP contribution in [0, 0.1) is 22.7 Å². The van der Waals surface area contributed by atoms with E-state index in [9.17, 15) is 0 Å². The molecular formula is C12H8Cl2N2O. The molecule has 17 heavy (non-hydrogen) atoms. The van der Waals surface area contributed by atoms with E-state index in [0.29, 0.717) is 15.6 Å². The van der Waals surface area contributed by atoms with Gasteiger partial charge in [-0.05, 0) is 11.6 Å². The second-order valence-corrected chi connectivity index (χ2v) is 3.90. The number of rotatable bonds is 3. The van der Waals surface area contributed by atoms with Crippen molar-refractivity contribution in [2.45, 2.75) is 6.42 Å². The molecule has 0 bridgehead atoms. The predicted molar refractivity (Wildman–Crippen MR) is 65.4 cm³/mol. The van der Waals surface area contributed by atoms with Gasteiger partial charge in [0.15, 0.2) is 5.57 Å². The second kappa shape index (κ2) is 6.15. The average Bonchev–Trinajstić information content (AvgIpc) is 2.34. The third-order valence-corrected chi connectivity index (χ3v) is 2.99. The van der Waals surface area contributed by atoms with Gasteiger partial charge in [0.2, 0.25) is 0 Å². The molecule has 3 nitrogen and oxygen atoms in total. The fraction of sp³-hybridized carbons (Fsp3) is 0.167. The maximum Gasteiger partial charge on any atom is 0.167 e. The summed E-state index contributed by atoms with van der Waals surface area (Å²) in [6.07, 6.45) is 0.256. The topological polar surface area (TPSA) is 56.8 Å². The second-order valence-electron chi connectivity index (χ2n) is 3.12. The van der Waals surface area contributed by atoms with E-state index in [1.54, 1.807) is 30.3 Å². The van der Waals surface area contributed by atoms with Crippen LogP contribution in [0.15, 0.2) is 29.5 Å². The third-order valence-electron chi connectivity index (χ3n) is 2.13. The Bertz CT molecular complexity index is 522. The van der Waals surface area contributed by atoms with E-state index in [2.05, 4.69) is 0 Å². The summed E-state index contributed by atoms with van der Waals surface area (Å²) in [5, 5.41) is 18.3. The SMILES string of the molecule is COC(Cc1cccc(Cl)c1Cl)=C(C#N)C#N. The van der Waals surface area contributed by atoms with Crippen LogP contribution in [0.3, 0.4) is 0 Å². The summed E-state index contributed by atoms with van der Waals surface area (Å²) in [5.41, 5.74) is 0.641. The third kappa shape index (κ3) is 3.14. The monoisotopic (exact) mass is 266 g/mol. The van der Waals surface area contributed by atoms with Gasteiger partial charge in [0, 0.05) is 6.42 Å². The van der Waals surface area contributed by atoms with Gasteiger partial charge in [0.25, 0.3) is 0 Å². The van der Waals surface area contributed by atoms with Crippen LogP contribution in [0.25, 0.3) is 0 Å². The Morgan fingerprint density at radius 1 is 1.29 bits per heavy atom. The number of hydrogen-bond acceptors (Lipinski definition) is 3. The van der Waals surface area contributed by atoms with Crippen molar-refractivity contribution < 1.29 is 4.74 Å². The van der Waals surface area contributed by atoms with Gasteiger partial charge in [-0.1, -0.05) is 35.3 Å². The highest BCUT2D eigenvalue weighted by Crippen LogP contribution is 2.27. The normalized spacial score (nSPS) is 9.00. The molecule has 1 aromatic rings. The predicted octanol–water partition coefficient (Wildman–Crippen LogP) is 3.48. The smallest absolute Gasteiger partial charge is 0.167 e. The van der Waals surface area contributed by atoms with E-state index in [0.717, 1.165) is 0 Å². The molecule has 0 saturated heterocycles. The van der Waals surface area contributed by atoms with Gasteiger partial charge in [-0.25, -0.2) is 0 Å². The molecule has 5 heteroatoms. The highest BCUT2D eigenvalue weighted by atomic mass is 35.5. The molecule has 0 aliphatic carbocycles. The van der Waals surface area contributed by atoms with E-state index >= 15 is 0 Å². The van der Waals surface area contributed by atoms with Crippen molar-refractivity contribution in [1.29, 1.82) is 10.5 Å². The van der Waals surface area contributed by atoms with Crippen molar-refractivity contribution in [2.24, 2.45) is 0 Å². The first-order chi connectivity index (χ1) is 8.13. The molecule has 0 unspecified atom stereocenters. The van der Waals surface area contributed by atoms with E-state index < -0.39 is 0 Å². The first kappa shape index (κ1) is 13.4. The van der Waals surface area contributed by atoms with Crippen LogP contribution in [0.2, 0.25) is 10.0 Å². The Balaban J connectivity index is 3.14. The van der Waals surface area contributed by atoms with Crippen molar-refractivity contribution in [3.05, 3.63) is 45.1 Å². The van der Waals surface area contributed by atoms with Gasteiger partial charge in [0.05, 0.1) is 17.2 Å². The minimum Gasteiger partial charge on any atom is -0.499 e. The molecule has 0 amide bonds. The van der Waals surface area contributed by atoms with Gasteiger partial charge in [-0.3, -0.25) is 0 Å². The van der Waals surface area contributed by atoms with Gasteiger partial charge in [0.1, 0.15) is 17.9 Å². The first-order valence-electron chi connectivity index (χ1n) is 4.64. The summed E-state index contributed by atoms with van der Waals surface area (Å²) >= 11 is 11.9. The molecule has 0 aliphatic rings. The highest BCUT2D eigenvalue weighted by Gasteiger charge is 2.11. The molecular weight excluding hydrogens is 259 g/mol. The van der Waals surface area contributed by atoms with Crippen LogP contribution in [0.4, 0.5) is 0 Å². The molecule has 0 aromatic heterocycles. The summed E-state index contributed by atoms with van der Waals surface area (Å²) in [6, 6.07) is 8.72. The molecule has 0 aliphatic heterocycles. The Kier molecular flexibility index (Phi) is 4.84. The average molecular weight is 267 g/mol. The quantitative estimate of drug-likeness (QED) is 0.622. The zero-order chi connectivity index (χ0) is 12.8. The summed E-state index contributed by atoms with van der Waals surface area (Å²) in [4.78, 5) is 0. The number of hydrogen-bond donors (Lipinski definition) is 0. The minimum atomic E-state index is -0.0662. The van der Waals surface area contributed by atoms with E-state index in [-0.39, 0.29) is 17.8 Å². The minimum absolute atomic E-state index is 0.0662. The number of allylic oxidation sites excluding steroid dienone is 2. The molecule has 0 atom stereocenters. The number of nitrogens with zero attached hydrogens (tertiary/aromatic N) is 2. The largest absolute Gasteiger partial charge is 0.499 e. The molecule has 1 rings (SSSR count). The lowest BCUT2D eigenvalue weighted by atomic mass is 10.1. The van der Waals surface area contributed by atoms with Crippen molar-refractivity contribution in [1.82, 2.24) is 0 Å². The van der Waals surface area contributed by atoms with Gasteiger partial charge < -0.3 is 4.74 Å². The van der Waals surface area contributed by atoms with Gasteiger partial charge in [-0.15, -0.1) is 0 Å². The zero-order valence-corrected chi connectivity index (χ0v) is 10.5. The van der Waals surface area contributed by atoms with E-state index in [4.69, 9.17) is 38.5 Å². The number of halogens is 2. The lowest BCUT2D eigenvalue weighted by Gasteiger charge is -2.08. The molecule has 0 heterocycles. The Hall–Kier alpha value is -1.68. The number of nitriles is 2. The van der Waals surface area contributed by atoms with Crippen molar-refractivity contribution in [3.63, 3.8) is 0 Å².